The molecule has 0 radical (unpaired) electrons. The number of oxazole rings is 1. The molecule has 2 N–H and O–H groups in total. The molecule has 1 aromatic heterocycles. The van der Waals surface area contributed by atoms with E-state index in [9.17, 15) is 10.2 Å². The molecule has 0 bridgehead atoms. The van der Waals surface area contributed by atoms with Crippen molar-refractivity contribution in [1.82, 2.24) is 4.98 Å². The highest BCUT2D eigenvalue weighted by Gasteiger charge is 2.19. The Kier molecular flexibility index (Phi) is 6.64. The van der Waals surface area contributed by atoms with Crippen molar-refractivity contribution in [1.29, 1.82) is 0 Å². The fraction of sp³-hybridized carbons (Fsp3) is 0.160. The first-order valence-electron chi connectivity index (χ1n) is 9.86. The minimum atomic E-state index is -0.703. The third kappa shape index (κ3) is 5.00. The van der Waals surface area contributed by atoms with Gasteiger partial charge in [-0.1, -0.05) is 103 Å². The van der Waals surface area contributed by atoms with Crippen LogP contribution in [0.5, 0.6) is 0 Å². The minimum Gasteiger partial charge on any atom is -0.431 e. The van der Waals surface area contributed by atoms with Gasteiger partial charge in [-0.15, -0.1) is 0 Å². The van der Waals surface area contributed by atoms with Crippen LogP contribution in [0.1, 0.15) is 18.1 Å². The summed E-state index contributed by atoms with van der Waals surface area (Å²) in [5, 5.41) is 21.2. The van der Waals surface area contributed by atoms with Crippen molar-refractivity contribution in [3.8, 4) is 22.6 Å². The SMILES string of the molecule is OC(CSc1nc(-c2ccccc2)c(-c2ccccc2)o1)CC(O)c1ccccc1. The summed E-state index contributed by atoms with van der Waals surface area (Å²) in [5.74, 6) is 1.09. The molecule has 3 aromatic carbocycles. The number of aliphatic hydroxyl groups excluding tert-OH is 2. The lowest BCUT2D eigenvalue weighted by atomic mass is 10.0. The molecule has 0 aliphatic heterocycles. The van der Waals surface area contributed by atoms with Crippen LogP contribution in [-0.2, 0) is 0 Å². The van der Waals surface area contributed by atoms with Gasteiger partial charge in [-0.3, -0.25) is 0 Å². The Bertz CT molecular complexity index is 995. The Morgan fingerprint density at radius 2 is 1.33 bits per heavy atom. The second kappa shape index (κ2) is 9.76. The van der Waals surface area contributed by atoms with E-state index >= 15 is 0 Å². The van der Waals surface area contributed by atoms with E-state index in [2.05, 4.69) is 4.98 Å². The second-order valence-electron chi connectivity index (χ2n) is 7.02. The summed E-state index contributed by atoms with van der Waals surface area (Å²) >= 11 is 1.35. The highest BCUT2D eigenvalue weighted by atomic mass is 32.2. The molecular weight excluding hydrogens is 394 g/mol. The lowest BCUT2D eigenvalue weighted by Crippen LogP contribution is -2.14. The van der Waals surface area contributed by atoms with Gasteiger partial charge in [-0.05, 0) is 5.56 Å². The molecule has 0 amide bonds. The Labute approximate surface area is 180 Å². The first-order valence-corrected chi connectivity index (χ1v) is 10.8. The summed E-state index contributed by atoms with van der Waals surface area (Å²) in [6, 6.07) is 29.2. The van der Waals surface area contributed by atoms with E-state index in [-0.39, 0.29) is 6.42 Å². The average molecular weight is 418 g/mol. The van der Waals surface area contributed by atoms with E-state index in [1.54, 1.807) is 0 Å². The monoisotopic (exact) mass is 417 g/mol. The van der Waals surface area contributed by atoms with Crippen LogP contribution < -0.4 is 0 Å². The zero-order chi connectivity index (χ0) is 20.8. The zero-order valence-corrected chi connectivity index (χ0v) is 17.2. The minimum absolute atomic E-state index is 0.259. The Morgan fingerprint density at radius 1 is 0.767 bits per heavy atom. The van der Waals surface area contributed by atoms with Crippen molar-refractivity contribution in [2.45, 2.75) is 23.9 Å². The Balaban J connectivity index is 1.49. The van der Waals surface area contributed by atoms with Gasteiger partial charge in [0.05, 0.1) is 12.2 Å². The molecule has 0 saturated carbocycles. The number of aromatic nitrogens is 1. The van der Waals surface area contributed by atoms with Crippen LogP contribution in [0.3, 0.4) is 0 Å². The smallest absolute Gasteiger partial charge is 0.256 e. The second-order valence-corrected chi connectivity index (χ2v) is 7.99. The number of hydrogen-bond donors (Lipinski definition) is 2. The van der Waals surface area contributed by atoms with Gasteiger partial charge in [0.1, 0.15) is 5.69 Å². The van der Waals surface area contributed by atoms with Crippen LogP contribution >= 0.6 is 11.8 Å². The fourth-order valence-electron chi connectivity index (χ4n) is 3.24. The van der Waals surface area contributed by atoms with E-state index in [1.165, 1.54) is 11.8 Å². The molecule has 4 rings (SSSR count). The van der Waals surface area contributed by atoms with Crippen LogP contribution in [0.15, 0.2) is 101 Å². The van der Waals surface area contributed by atoms with E-state index in [0.717, 1.165) is 22.4 Å². The number of nitrogens with zero attached hydrogens (tertiary/aromatic N) is 1. The summed E-state index contributed by atoms with van der Waals surface area (Å²) in [6.45, 7) is 0. The number of rotatable bonds is 8. The van der Waals surface area contributed by atoms with Gasteiger partial charge in [0.2, 0.25) is 0 Å². The van der Waals surface area contributed by atoms with Crippen molar-refractivity contribution in [2.24, 2.45) is 0 Å². The van der Waals surface area contributed by atoms with E-state index < -0.39 is 12.2 Å². The maximum Gasteiger partial charge on any atom is 0.256 e. The van der Waals surface area contributed by atoms with E-state index in [0.29, 0.717) is 16.7 Å². The third-order valence-corrected chi connectivity index (χ3v) is 5.74. The van der Waals surface area contributed by atoms with Gasteiger partial charge >= 0.3 is 0 Å². The molecule has 2 unspecified atom stereocenters. The van der Waals surface area contributed by atoms with Crippen molar-refractivity contribution >= 4 is 11.8 Å². The normalized spacial score (nSPS) is 13.1. The summed E-state index contributed by atoms with van der Waals surface area (Å²) in [5.41, 5.74) is 3.52. The summed E-state index contributed by atoms with van der Waals surface area (Å²) < 4.78 is 6.07. The maximum atomic E-state index is 10.4. The van der Waals surface area contributed by atoms with Crippen molar-refractivity contribution < 1.29 is 14.6 Å². The summed E-state index contributed by atoms with van der Waals surface area (Å²) in [6.07, 6.45) is -1.13. The molecule has 0 aliphatic rings. The topological polar surface area (TPSA) is 66.5 Å². The number of thioether (sulfide) groups is 1. The molecular formula is C25H23NO3S. The molecule has 2 atom stereocenters. The molecule has 0 saturated heterocycles. The lowest BCUT2D eigenvalue weighted by molar-refractivity contribution is 0.0930. The Hall–Kier alpha value is -2.86. The van der Waals surface area contributed by atoms with Crippen molar-refractivity contribution in [3.63, 3.8) is 0 Å². The molecule has 4 aromatic rings. The van der Waals surface area contributed by atoms with Gasteiger partial charge in [0.15, 0.2) is 5.76 Å². The molecule has 1 heterocycles. The first-order chi connectivity index (χ1) is 14.7. The van der Waals surface area contributed by atoms with Crippen molar-refractivity contribution in [3.05, 3.63) is 96.6 Å². The Morgan fingerprint density at radius 3 is 1.97 bits per heavy atom. The highest BCUT2D eigenvalue weighted by Crippen LogP contribution is 2.36. The van der Waals surface area contributed by atoms with Crippen LogP contribution in [0, 0.1) is 0 Å². The van der Waals surface area contributed by atoms with Gasteiger partial charge in [0, 0.05) is 23.3 Å². The third-order valence-electron chi connectivity index (χ3n) is 4.77. The van der Waals surface area contributed by atoms with E-state index in [1.807, 2.05) is 91.0 Å². The highest BCUT2D eigenvalue weighted by molar-refractivity contribution is 7.99. The van der Waals surface area contributed by atoms with Gasteiger partial charge < -0.3 is 14.6 Å². The standard InChI is InChI=1S/C25H23NO3S/c27-21(16-22(28)18-10-4-1-5-11-18)17-30-25-26-23(19-12-6-2-7-13-19)24(29-25)20-14-8-3-9-15-20/h1-15,21-22,27-28H,16-17H2. The molecule has 152 valence electrons. The van der Waals surface area contributed by atoms with Crippen LogP contribution in [-0.4, -0.2) is 27.1 Å². The fourth-order valence-corrected chi connectivity index (χ4v) is 4.01. The van der Waals surface area contributed by atoms with Crippen molar-refractivity contribution in [2.75, 3.05) is 5.75 Å². The molecule has 0 fully saturated rings. The van der Waals surface area contributed by atoms with Gasteiger partial charge in [-0.25, -0.2) is 4.98 Å². The van der Waals surface area contributed by atoms with Crippen LogP contribution in [0.25, 0.3) is 22.6 Å². The molecule has 4 nitrogen and oxygen atoms in total. The predicted molar refractivity (Wildman–Crippen MR) is 120 cm³/mol. The van der Waals surface area contributed by atoms with Crippen LogP contribution in [0.2, 0.25) is 0 Å². The van der Waals surface area contributed by atoms with E-state index in [4.69, 9.17) is 4.42 Å². The quantitative estimate of drug-likeness (QED) is 0.366. The summed E-state index contributed by atoms with van der Waals surface area (Å²) in [7, 11) is 0. The number of hydrogen-bond acceptors (Lipinski definition) is 5. The molecule has 5 heteroatoms. The molecule has 0 spiro atoms. The van der Waals surface area contributed by atoms with Gasteiger partial charge in [0.25, 0.3) is 5.22 Å². The largest absolute Gasteiger partial charge is 0.431 e. The lowest BCUT2D eigenvalue weighted by Gasteiger charge is -2.15. The first kappa shape index (κ1) is 20.4. The zero-order valence-electron chi connectivity index (χ0n) is 16.4. The molecule has 30 heavy (non-hydrogen) atoms. The number of benzene rings is 3. The maximum absolute atomic E-state index is 10.4. The molecule has 0 aliphatic carbocycles. The number of aliphatic hydroxyl groups is 2. The van der Waals surface area contributed by atoms with Crippen LogP contribution in [0.4, 0.5) is 0 Å². The van der Waals surface area contributed by atoms with Gasteiger partial charge in [-0.2, -0.15) is 0 Å². The average Bonchev–Trinajstić information content (AvgIpc) is 3.24. The summed E-state index contributed by atoms with van der Waals surface area (Å²) in [4.78, 5) is 4.69. The predicted octanol–water partition coefficient (Wildman–Crippen LogP) is 5.59.